The molecule has 0 aliphatic rings. The molecule has 0 unspecified atom stereocenters. The summed E-state index contributed by atoms with van der Waals surface area (Å²) in [5.41, 5.74) is 0.475. The molecule has 15 heavy (non-hydrogen) atoms. The second-order valence-electron chi connectivity index (χ2n) is 2.69. The fourth-order valence-electron chi connectivity index (χ4n) is 0.938. The molecular formula is C9H7Cl3NO2. The van der Waals surface area contributed by atoms with E-state index in [4.69, 9.17) is 34.8 Å². The number of ether oxygens (including phenoxy) is 1. The molecule has 1 aromatic carbocycles. The molecule has 0 atom stereocenters. The minimum absolute atomic E-state index is 0.249. The van der Waals surface area contributed by atoms with Crippen molar-refractivity contribution in [1.29, 1.82) is 0 Å². The summed E-state index contributed by atoms with van der Waals surface area (Å²) in [5, 5.41) is 0.782. The number of amides is 1. The van der Waals surface area contributed by atoms with Crippen molar-refractivity contribution in [3.05, 3.63) is 34.3 Å². The Bertz CT molecular complexity index is 372. The summed E-state index contributed by atoms with van der Waals surface area (Å²) in [6.45, 7) is 0. The van der Waals surface area contributed by atoms with Gasteiger partial charge in [-0.15, -0.1) is 0 Å². The molecule has 1 rings (SSSR count). The highest BCUT2D eigenvalue weighted by Crippen LogP contribution is 2.34. The number of nitrogens with zero attached hydrogens (tertiary/aromatic N) is 1. The number of anilines is 1. The van der Waals surface area contributed by atoms with Crippen LogP contribution in [-0.4, -0.2) is 13.1 Å². The van der Waals surface area contributed by atoms with Crippen LogP contribution in [0.3, 0.4) is 0 Å². The van der Waals surface area contributed by atoms with E-state index in [1.807, 2.05) is 0 Å². The molecule has 0 saturated carbocycles. The minimum atomic E-state index is -0.621. The molecule has 0 spiro atoms. The molecule has 3 nitrogen and oxygen atoms in total. The molecule has 6 heteroatoms. The van der Waals surface area contributed by atoms with Crippen LogP contribution in [0, 0.1) is 7.11 Å². The van der Waals surface area contributed by atoms with Crippen LogP contribution >= 0.6 is 34.8 Å². The smallest absolute Gasteiger partial charge is 0.414 e. The van der Waals surface area contributed by atoms with Gasteiger partial charge < -0.3 is 4.74 Å². The molecule has 0 N–H and O–H groups in total. The molecule has 0 aliphatic carbocycles. The highest BCUT2D eigenvalue weighted by Gasteiger charge is 2.14. The number of rotatable bonds is 1. The average Bonchev–Trinajstić information content (AvgIpc) is 2.23. The second kappa shape index (κ2) is 4.92. The molecule has 0 heterocycles. The zero-order valence-corrected chi connectivity index (χ0v) is 10.0. The van der Waals surface area contributed by atoms with Crippen LogP contribution in [0.5, 0.6) is 0 Å². The highest BCUT2D eigenvalue weighted by molar-refractivity contribution is 6.48. The third-order valence-electron chi connectivity index (χ3n) is 1.75. The van der Waals surface area contributed by atoms with E-state index in [1.54, 1.807) is 0 Å². The molecule has 0 bridgehead atoms. The first-order valence-corrected chi connectivity index (χ1v) is 4.95. The van der Waals surface area contributed by atoms with E-state index in [0.29, 0.717) is 5.69 Å². The van der Waals surface area contributed by atoms with E-state index in [0.717, 1.165) is 0 Å². The van der Waals surface area contributed by atoms with Crippen LogP contribution < -0.4 is 4.90 Å². The predicted molar refractivity (Wildman–Crippen MR) is 61.7 cm³/mol. The van der Waals surface area contributed by atoms with Gasteiger partial charge in [-0.3, -0.25) is 4.90 Å². The first kappa shape index (κ1) is 12.4. The van der Waals surface area contributed by atoms with Gasteiger partial charge in [0, 0.05) is 12.7 Å². The van der Waals surface area contributed by atoms with Gasteiger partial charge >= 0.3 is 6.09 Å². The van der Waals surface area contributed by atoms with Crippen molar-refractivity contribution in [1.82, 2.24) is 0 Å². The van der Waals surface area contributed by atoms with E-state index in [1.165, 1.54) is 24.1 Å². The Morgan fingerprint density at radius 1 is 1.33 bits per heavy atom. The van der Waals surface area contributed by atoms with Crippen molar-refractivity contribution in [3.8, 4) is 0 Å². The zero-order valence-electron chi connectivity index (χ0n) is 7.76. The number of hydrogen-bond acceptors (Lipinski definition) is 2. The van der Waals surface area contributed by atoms with Crippen molar-refractivity contribution in [2.45, 2.75) is 0 Å². The third-order valence-corrected chi connectivity index (χ3v) is 2.95. The lowest BCUT2D eigenvalue weighted by atomic mass is 10.3. The topological polar surface area (TPSA) is 29.5 Å². The molecule has 1 amide bonds. The van der Waals surface area contributed by atoms with Gasteiger partial charge in [0.2, 0.25) is 0 Å². The Labute approximate surface area is 102 Å². The van der Waals surface area contributed by atoms with Gasteiger partial charge in [-0.25, -0.2) is 4.79 Å². The van der Waals surface area contributed by atoms with Crippen LogP contribution in [0.15, 0.2) is 12.1 Å². The maximum Gasteiger partial charge on any atom is 0.414 e. The fourth-order valence-corrected chi connectivity index (χ4v) is 1.52. The van der Waals surface area contributed by atoms with Gasteiger partial charge in [0.05, 0.1) is 15.1 Å². The van der Waals surface area contributed by atoms with Gasteiger partial charge in [0.1, 0.15) is 7.11 Å². The normalized spacial score (nSPS) is 9.93. The van der Waals surface area contributed by atoms with E-state index >= 15 is 0 Å². The highest BCUT2D eigenvalue weighted by atomic mass is 35.5. The number of benzene rings is 1. The summed E-state index contributed by atoms with van der Waals surface area (Å²) in [6, 6.07) is 3.01. The fraction of sp³-hybridized carbons (Fsp3) is 0.111. The molecule has 81 valence electrons. The van der Waals surface area contributed by atoms with Crippen molar-refractivity contribution in [2.75, 3.05) is 11.9 Å². The average molecular weight is 268 g/mol. The maximum atomic E-state index is 11.1. The number of carbonyl (C=O) groups excluding carboxylic acids is 1. The van der Waals surface area contributed by atoms with E-state index in [9.17, 15) is 4.79 Å². The monoisotopic (exact) mass is 266 g/mol. The van der Waals surface area contributed by atoms with Crippen LogP contribution in [-0.2, 0) is 4.74 Å². The Hall–Kier alpha value is -0.640. The predicted octanol–water partition coefficient (Wildman–Crippen LogP) is 4.01. The van der Waals surface area contributed by atoms with Crippen LogP contribution in [0.4, 0.5) is 10.5 Å². The summed E-state index contributed by atoms with van der Waals surface area (Å²) in [6.07, 6.45) is -0.621. The molecule has 0 fully saturated rings. The number of halogens is 3. The summed E-state index contributed by atoms with van der Waals surface area (Å²) < 4.78 is 4.29. The van der Waals surface area contributed by atoms with Crippen LogP contribution in [0.2, 0.25) is 15.1 Å². The Morgan fingerprint density at radius 3 is 2.20 bits per heavy atom. The van der Waals surface area contributed by atoms with Gasteiger partial charge in [-0.2, -0.15) is 0 Å². The van der Waals surface area contributed by atoms with Crippen molar-refractivity contribution >= 4 is 46.6 Å². The Morgan fingerprint density at radius 2 is 1.80 bits per heavy atom. The van der Waals surface area contributed by atoms with Gasteiger partial charge in [0.25, 0.3) is 0 Å². The molecule has 0 aliphatic heterocycles. The Kier molecular flexibility index (Phi) is 4.08. The van der Waals surface area contributed by atoms with Gasteiger partial charge in [-0.05, 0) is 12.1 Å². The second-order valence-corrected chi connectivity index (χ2v) is 3.89. The number of carbonyl (C=O) groups is 1. The van der Waals surface area contributed by atoms with E-state index < -0.39 is 6.09 Å². The summed E-state index contributed by atoms with van der Waals surface area (Å²) in [5.74, 6) is 0. The minimum Gasteiger partial charge on any atom is -0.446 e. The van der Waals surface area contributed by atoms with Crippen molar-refractivity contribution in [3.63, 3.8) is 0 Å². The van der Waals surface area contributed by atoms with Gasteiger partial charge in [-0.1, -0.05) is 34.8 Å². The number of hydrogen-bond donors (Lipinski definition) is 0. The lowest BCUT2D eigenvalue weighted by Gasteiger charge is -2.16. The maximum absolute atomic E-state index is 11.1. The first-order chi connectivity index (χ1) is 6.97. The summed E-state index contributed by atoms with van der Waals surface area (Å²) in [7, 11) is 4.51. The Balaban J connectivity index is 3.11. The largest absolute Gasteiger partial charge is 0.446 e. The summed E-state index contributed by atoms with van der Waals surface area (Å²) >= 11 is 17.4. The lowest BCUT2D eigenvalue weighted by molar-refractivity contribution is 0.192. The molecule has 1 aromatic rings. The van der Waals surface area contributed by atoms with Crippen LogP contribution in [0.25, 0.3) is 0 Å². The van der Waals surface area contributed by atoms with Crippen LogP contribution in [0.1, 0.15) is 0 Å². The standard InChI is InChI=1S/C9H7Cl3NO2/c1-13(9(14)15-2)5-3-6(10)8(12)7(11)4-5/h3-4H,2H2,1H3. The quantitative estimate of drug-likeness (QED) is 0.720. The molecular weight excluding hydrogens is 260 g/mol. The third kappa shape index (κ3) is 2.68. The van der Waals surface area contributed by atoms with Crippen molar-refractivity contribution in [2.24, 2.45) is 0 Å². The lowest BCUT2D eigenvalue weighted by Crippen LogP contribution is -2.25. The molecule has 1 radical (unpaired) electrons. The molecule has 0 aromatic heterocycles. The van der Waals surface area contributed by atoms with E-state index in [-0.39, 0.29) is 15.1 Å². The molecule has 0 saturated heterocycles. The van der Waals surface area contributed by atoms with Crippen molar-refractivity contribution < 1.29 is 9.53 Å². The van der Waals surface area contributed by atoms with Gasteiger partial charge in [0.15, 0.2) is 0 Å². The zero-order chi connectivity index (χ0) is 11.6. The summed E-state index contributed by atoms with van der Waals surface area (Å²) in [4.78, 5) is 12.4. The first-order valence-electron chi connectivity index (χ1n) is 3.81. The SMILES string of the molecule is [CH2]OC(=O)N(C)c1cc(Cl)c(Cl)c(Cl)c1. The van der Waals surface area contributed by atoms with E-state index in [2.05, 4.69) is 11.8 Å².